The van der Waals surface area contributed by atoms with Gasteiger partial charge in [-0.25, -0.2) is 0 Å². The quantitative estimate of drug-likeness (QED) is 0.116. The van der Waals surface area contributed by atoms with E-state index in [0.29, 0.717) is 0 Å². The summed E-state index contributed by atoms with van der Waals surface area (Å²) in [7, 11) is 0. The van der Waals surface area contributed by atoms with Crippen LogP contribution in [0.15, 0.2) is 279 Å². The number of para-hydroxylation sites is 2. The molecule has 0 spiro atoms. The second-order valence-electron chi connectivity index (χ2n) is 21.3. The van der Waals surface area contributed by atoms with Crippen molar-refractivity contribution in [1.82, 2.24) is 4.57 Å². The van der Waals surface area contributed by atoms with Gasteiger partial charge in [0.25, 0.3) is 0 Å². The molecule has 79 heavy (non-hydrogen) atoms. The molecule has 1 aliphatic carbocycles. The Morgan fingerprint density at radius 1 is 0.266 bits per heavy atom. The molecule has 2 heterocycles. The molecule has 0 saturated carbocycles. The summed E-state index contributed by atoms with van der Waals surface area (Å²) in [5, 5.41) is 15.5. The van der Waals surface area contributed by atoms with Crippen LogP contribution in [0.2, 0.25) is 0 Å². The number of benzene rings is 14. The smallest absolute Gasteiger partial charge is 0.0581 e. The maximum absolute atomic E-state index is 2.54. The molecular formula is C77H47NSe. The fourth-order valence-electron chi connectivity index (χ4n) is 14.0. The molecule has 0 N–H and O–H groups in total. The van der Waals surface area contributed by atoms with E-state index in [2.05, 4.69) is 284 Å². The van der Waals surface area contributed by atoms with Gasteiger partial charge in [0.2, 0.25) is 0 Å². The van der Waals surface area contributed by atoms with Crippen molar-refractivity contribution in [3.05, 3.63) is 296 Å². The van der Waals surface area contributed by atoms with Gasteiger partial charge in [-0.3, -0.25) is 0 Å². The van der Waals surface area contributed by atoms with Crippen molar-refractivity contribution in [2.45, 2.75) is 5.92 Å². The summed E-state index contributed by atoms with van der Waals surface area (Å²) >= 11 is 0.0556. The first-order valence-electron chi connectivity index (χ1n) is 27.4. The second kappa shape index (κ2) is 17.5. The SMILES string of the molecule is c1ccc(C2c3ccccc3-c3cc(-c4c5ccccc5c(-c5ccc6c(c5)[se]c5c(-c7c8ccccc8c(-c8ccc9c(c8)c8ccccc8n9-c8ccccc8)c8ccccc78)cccc56)c5ccccc45)ccc32)cc1. The molecule has 17 rings (SSSR count). The monoisotopic (exact) mass is 1070 g/mol. The summed E-state index contributed by atoms with van der Waals surface area (Å²) in [6.45, 7) is 0. The van der Waals surface area contributed by atoms with Crippen molar-refractivity contribution >= 4 is 98.7 Å². The van der Waals surface area contributed by atoms with Crippen molar-refractivity contribution in [2.24, 2.45) is 0 Å². The Kier molecular flexibility index (Phi) is 9.86. The van der Waals surface area contributed by atoms with Gasteiger partial charge in [-0.2, -0.15) is 0 Å². The summed E-state index contributed by atoms with van der Waals surface area (Å²) < 4.78 is 5.30. The molecule has 1 aliphatic rings. The molecule has 16 aromatic rings. The van der Waals surface area contributed by atoms with Crippen molar-refractivity contribution < 1.29 is 0 Å². The summed E-state index contributed by atoms with van der Waals surface area (Å²) in [6.07, 6.45) is 0. The number of hydrogen-bond donors (Lipinski definition) is 0. The molecule has 1 unspecified atom stereocenters. The average Bonchev–Trinajstić information content (AvgIpc) is 4.39. The number of fused-ring (bicyclic) bond motifs is 13. The van der Waals surface area contributed by atoms with Gasteiger partial charge >= 0.3 is 376 Å². The molecule has 14 aromatic carbocycles. The third kappa shape index (κ3) is 6.63. The third-order valence-electron chi connectivity index (χ3n) is 17.2. The third-order valence-corrected chi connectivity index (χ3v) is 19.8. The Morgan fingerprint density at radius 3 is 1.37 bits per heavy atom. The average molecular weight is 1070 g/mol. The molecule has 0 radical (unpaired) electrons. The van der Waals surface area contributed by atoms with E-state index in [1.807, 2.05) is 0 Å². The van der Waals surface area contributed by atoms with E-state index in [1.165, 1.54) is 162 Å². The summed E-state index contributed by atoms with van der Waals surface area (Å²) in [4.78, 5) is 0. The number of hydrogen-bond acceptors (Lipinski definition) is 0. The first kappa shape index (κ1) is 44.6. The topological polar surface area (TPSA) is 4.93 Å². The molecule has 0 fully saturated rings. The van der Waals surface area contributed by atoms with Crippen LogP contribution in [0.25, 0.3) is 146 Å². The van der Waals surface area contributed by atoms with E-state index in [9.17, 15) is 0 Å². The van der Waals surface area contributed by atoms with Gasteiger partial charge < -0.3 is 0 Å². The molecular weight excluding hydrogens is 1020 g/mol. The molecule has 2 aromatic heterocycles. The maximum Gasteiger partial charge on any atom is -0.0581 e. The van der Waals surface area contributed by atoms with Crippen LogP contribution < -0.4 is 0 Å². The van der Waals surface area contributed by atoms with Crippen LogP contribution in [-0.4, -0.2) is 19.1 Å². The van der Waals surface area contributed by atoms with Crippen molar-refractivity contribution in [3.63, 3.8) is 0 Å². The van der Waals surface area contributed by atoms with E-state index < -0.39 is 0 Å². The van der Waals surface area contributed by atoms with Gasteiger partial charge in [0, 0.05) is 0 Å². The maximum atomic E-state index is 2.54. The second-order valence-corrected chi connectivity index (χ2v) is 23.5. The molecule has 0 saturated heterocycles. The van der Waals surface area contributed by atoms with Crippen LogP contribution in [0.3, 0.4) is 0 Å². The van der Waals surface area contributed by atoms with Crippen molar-refractivity contribution in [2.75, 3.05) is 0 Å². The van der Waals surface area contributed by atoms with Crippen LogP contribution in [0, 0.1) is 0 Å². The summed E-state index contributed by atoms with van der Waals surface area (Å²) in [5.41, 5.74) is 20.6. The Morgan fingerprint density at radius 2 is 0.722 bits per heavy atom. The first-order chi connectivity index (χ1) is 39.2. The minimum absolute atomic E-state index is 0.0556. The zero-order valence-electron chi connectivity index (χ0n) is 43.0. The predicted molar refractivity (Wildman–Crippen MR) is 337 cm³/mol. The first-order valence-corrected chi connectivity index (χ1v) is 29.2. The number of rotatable bonds is 6. The molecule has 366 valence electrons. The van der Waals surface area contributed by atoms with Gasteiger partial charge in [-0.1, -0.05) is 72.8 Å². The number of nitrogens with zero attached hydrogens (tertiary/aromatic N) is 1. The Labute approximate surface area is 463 Å². The van der Waals surface area contributed by atoms with Gasteiger partial charge in [-0.15, -0.1) is 0 Å². The molecule has 1 nitrogen and oxygen atoms in total. The van der Waals surface area contributed by atoms with Gasteiger partial charge in [0.15, 0.2) is 0 Å². The van der Waals surface area contributed by atoms with Crippen LogP contribution >= 0.6 is 0 Å². The Balaban J connectivity index is 0.828. The largest absolute Gasteiger partial charge is 0.0620 e. The summed E-state index contributed by atoms with van der Waals surface area (Å²) in [5.74, 6) is 0.216. The Bertz CT molecular complexity index is 5080. The van der Waals surface area contributed by atoms with E-state index >= 15 is 0 Å². The molecule has 1 atom stereocenters. The predicted octanol–water partition coefficient (Wildman–Crippen LogP) is 20.6. The molecule has 0 aliphatic heterocycles. The normalized spacial score (nSPS) is 13.2. The minimum atomic E-state index is 0.0556. The van der Waals surface area contributed by atoms with Crippen LogP contribution in [0.1, 0.15) is 22.6 Å². The molecule has 0 amide bonds. The van der Waals surface area contributed by atoms with E-state index in [-0.39, 0.29) is 20.4 Å². The van der Waals surface area contributed by atoms with E-state index in [0.717, 1.165) is 0 Å². The fourth-order valence-corrected chi connectivity index (χ4v) is 16.6. The zero-order chi connectivity index (χ0) is 51.7. The van der Waals surface area contributed by atoms with Gasteiger partial charge in [0.05, 0.1) is 0 Å². The fraction of sp³-hybridized carbons (Fsp3) is 0.0130. The van der Waals surface area contributed by atoms with Crippen molar-refractivity contribution in [3.8, 4) is 61.3 Å². The molecule has 2 heteroatoms. The molecule has 0 bridgehead atoms. The van der Waals surface area contributed by atoms with Gasteiger partial charge in [-0.05, 0) is 17.7 Å². The van der Waals surface area contributed by atoms with Crippen LogP contribution in [0.5, 0.6) is 0 Å². The van der Waals surface area contributed by atoms with Crippen LogP contribution in [-0.2, 0) is 0 Å². The number of aromatic nitrogens is 1. The standard InChI is InChI=1S/C77H47NSe/c1-3-20-47(21-4-1)72-55-26-8-7-24-52(55)67-44-48(39-42-64(67)72)73-56-27-9-11-29-58(56)75(59-30-12-10-28-57(59)73)50-38-41-54-65-35-19-36-66(77(65)79-71(54)46-50)76-62-33-15-13-31-60(62)74(61-32-14-16-34-63(61)76)49-40-43-70-68(45-49)53-25-17-18-37-69(53)78(70)51-22-5-2-6-23-51/h1-46,72H. The van der Waals surface area contributed by atoms with Crippen molar-refractivity contribution in [1.29, 1.82) is 0 Å². The van der Waals surface area contributed by atoms with Gasteiger partial charge in [0.1, 0.15) is 0 Å². The summed E-state index contributed by atoms with van der Waals surface area (Å²) in [6, 6.07) is 105. The zero-order valence-corrected chi connectivity index (χ0v) is 44.7. The minimum Gasteiger partial charge on any atom is -0.0620 e. The van der Waals surface area contributed by atoms with E-state index in [4.69, 9.17) is 0 Å². The van der Waals surface area contributed by atoms with Crippen LogP contribution in [0.4, 0.5) is 0 Å². The van der Waals surface area contributed by atoms with E-state index in [1.54, 1.807) is 0 Å². The Hall–Kier alpha value is -9.56.